The van der Waals surface area contributed by atoms with E-state index in [-0.39, 0.29) is 0 Å². The fraction of sp³-hybridized carbons (Fsp3) is 0.263. The zero-order valence-electron chi connectivity index (χ0n) is 12.7. The van der Waals surface area contributed by atoms with Crippen molar-refractivity contribution in [1.29, 1.82) is 0 Å². The summed E-state index contributed by atoms with van der Waals surface area (Å²) in [6.07, 6.45) is 1.21. The maximum atomic E-state index is 12.4. The van der Waals surface area contributed by atoms with Crippen molar-refractivity contribution in [2.45, 2.75) is 25.6 Å². The second-order valence-electron chi connectivity index (χ2n) is 5.20. The smallest absolute Gasteiger partial charge is 0.377 e. The van der Waals surface area contributed by atoms with Gasteiger partial charge in [0.15, 0.2) is 0 Å². The van der Waals surface area contributed by atoms with Crippen LogP contribution in [-0.4, -0.2) is 6.61 Å². The maximum absolute atomic E-state index is 12.4. The third kappa shape index (κ3) is 6.28. The molecule has 0 heterocycles. The van der Waals surface area contributed by atoms with Gasteiger partial charge >= 0.3 is 6.18 Å². The highest BCUT2D eigenvalue weighted by Gasteiger charge is 2.29. The van der Waals surface area contributed by atoms with Gasteiger partial charge in [0.1, 0.15) is 0 Å². The van der Waals surface area contributed by atoms with E-state index in [1.807, 2.05) is 42.5 Å². The molecule has 2 rings (SSSR count). The predicted molar refractivity (Wildman–Crippen MR) is 85.8 cm³/mol. The molecule has 0 fully saturated rings. The quantitative estimate of drug-likeness (QED) is 0.593. The number of allylic oxidation sites excluding steroid dienone is 1. The van der Waals surface area contributed by atoms with Crippen LogP contribution < -0.4 is 0 Å². The van der Waals surface area contributed by atoms with Crippen LogP contribution in [0.4, 0.5) is 13.2 Å². The number of benzene rings is 2. The minimum atomic E-state index is -4.28. The molecule has 0 radical (unpaired) electrons. The van der Waals surface area contributed by atoms with Crippen molar-refractivity contribution in [2.75, 3.05) is 6.61 Å². The van der Waals surface area contributed by atoms with Gasteiger partial charge in [0.05, 0.1) is 12.2 Å². The fourth-order valence-electron chi connectivity index (χ4n) is 2.07. The lowest BCUT2D eigenvalue weighted by molar-refractivity contribution is -0.137. The molecule has 0 amide bonds. The van der Waals surface area contributed by atoms with Gasteiger partial charge < -0.3 is 4.74 Å². The van der Waals surface area contributed by atoms with E-state index in [9.17, 15) is 13.2 Å². The average molecular weight is 320 g/mol. The van der Waals surface area contributed by atoms with E-state index in [4.69, 9.17) is 4.74 Å². The molecule has 0 saturated heterocycles. The Morgan fingerprint density at radius 3 is 2.26 bits per heavy atom. The molecule has 0 N–H and O–H groups in total. The van der Waals surface area contributed by atoms with E-state index in [0.29, 0.717) is 13.2 Å². The third-order valence-corrected chi connectivity index (χ3v) is 3.32. The topological polar surface area (TPSA) is 9.23 Å². The molecule has 0 unspecified atom stereocenters. The summed E-state index contributed by atoms with van der Waals surface area (Å²) >= 11 is 0. The number of rotatable bonds is 7. The molecule has 0 aliphatic carbocycles. The van der Waals surface area contributed by atoms with Gasteiger partial charge in [0.2, 0.25) is 0 Å². The van der Waals surface area contributed by atoms with Gasteiger partial charge in [-0.25, -0.2) is 0 Å². The van der Waals surface area contributed by atoms with Crippen LogP contribution in [0.15, 0.2) is 60.7 Å². The van der Waals surface area contributed by atoms with Crippen molar-refractivity contribution in [3.05, 3.63) is 77.4 Å². The highest BCUT2D eigenvalue weighted by atomic mass is 19.4. The molecular weight excluding hydrogens is 301 g/mol. The second-order valence-corrected chi connectivity index (χ2v) is 5.20. The molecule has 1 nitrogen and oxygen atoms in total. The molecule has 2 aromatic carbocycles. The summed E-state index contributed by atoms with van der Waals surface area (Å²) in [7, 11) is 0. The largest absolute Gasteiger partial charge is 0.416 e. The summed E-state index contributed by atoms with van der Waals surface area (Å²) < 4.78 is 42.9. The number of hydrogen-bond donors (Lipinski definition) is 0. The van der Waals surface area contributed by atoms with Crippen molar-refractivity contribution in [3.63, 3.8) is 0 Å². The van der Waals surface area contributed by atoms with Gasteiger partial charge in [0.25, 0.3) is 0 Å². The van der Waals surface area contributed by atoms with Crippen LogP contribution in [-0.2, 0) is 17.5 Å². The minimum Gasteiger partial charge on any atom is -0.377 e. The molecule has 0 aliphatic rings. The Morgan fingerprint density at radius 1 is 0.913 bits per heavy atom. The van der Waals surface area contributed by atoms with Crippen LogP contribution in [0.25, 0.3) is 6.08 Å². The van der Waals surface area contributed by atoms with Crippen LogP contribution in [0.2, 0.25) is 0 Å². The lowest BCUT2D eigenvalue weighted by atomic mass is 10.1. The Hall–Kier alpha value is -2.07. The summed E-state index contributed by atoms with van der Waals surface area (Å²) in [5.41, 5.74) is 1.29. The van der Waals surface area contributed by atoms with E-state index in [1.54, 1.807) is 0 Å². The van der Waals surface area contributed by atoms with Gasteiger partial charge in [-0.15, -0.1) is 0 Å². The van der Waals surface area contributed by atoms with Crippen LogP contribution in [0, 0.1) is 0 Å². The Bertz CT molecular complexity index is 601. The number of ether oxygens (including phenoxy) is 1. The molecule has 0 aliphatic heterocycles. The molecule has 2 aromatic rings. The molecule has 0 atom stereocenters. The first-order chi connectivity index (χ1) is 11.1. The minimum absolute atomic E-state index is 0.601. The van der Waals surface area contributed by atoms with E-state index in [0.717, 1.165) is 36.1 Å². The number of unbranched alkanes of at least 4 members (excludes halogenated alkanes) is 1. The SMILES string of the molecule is FC(F)(F)c1ccc(/C=C\CCCOCc2ccccc2)cc1. The summed E-state index contributed by atoms with van der Waals surface area (Å²) in [5.74, 6) is 0. The molecular formula is C19H19F3O. The van der Waals surface area contributed by atoms with E-state index < -0.39 is 11.7 Å². The molecule has 122 valence electrons. The predicted octanol–water partition coefficient (Wildman–Crippen LogP) is 5.72. The Labute approximate surface area is 134 Å². The lowest BCUT2D eigenvalue weighted by Crippen LogP contribution is -2.03. The van der Waals surface area contributed by atoms with Crippen LogP contribution in [0.5, 0.6) is 0 Å². The molecule has 0 bridgehead atoms. The maximum Gasteiger partial charge on any atom is 0.416 e. The van der Waals surface area contributed by atoms with Crippen molar-refractivity contribution in [1.82, 2.24) is 0 Å². The summed E-state index contributed by atoms with van der Waals surface area (Å²) in [5, 5.41) is 0. The van der Waals surface area contributed by atoms with E-state index >= 15 is 0 Å². The molecule has 0 aromatic heterocycles. The van der Waals surface area contributed by atoms with Gasteiger partial charge in [-0.1, -0.05) is 54.6 Å². The monoisotopic (exact) mass is 320 g/mol. The number of alkyl halides is 3. The second kappa shape index (κ2) is 8.53. The lowest BCUT2D eigenvalue weighted by Gasteiger charge is -2.06. The summed E-state index contributed by atoms with van der Waals surface area (Å²) in [6.45, 7) is 1.26. The number of hydrogen-bond acceptors (Lipinski definition) is 1. The van der Waals surface area contributed by atoms with Crippen LogP contribution in [0.3, 0.4) is 0 Å². The van der Waals surface area contributed by atoms with Crippen molar-refractivity contribution < 1.29 is 17.9 Å². The molecule has 23 heavy (non-hydrogen) atoms. The first kappa shape index (κ1) is 17.3. The Kier molecular flexibility index (Phi) is 6.41. The van der Waals surface area contributed by atoms with Crippen molar-refractivity contribution in [2.24, 2.45) is 0 Å². The van der Waals surface area contributed by atoms with Gasteiger partial charge in [-0.2, -0.15) is 13.2 Å². The van der Waals surface area contributed by atoms with Crippen molar-refractivity contribution in [3.8, 4) is 0 Å². The first-order valence-corrected chi connectivity index (χ1v) is 7.51. The average Bonchev–Trinajstić information content (AvgIpc) is 2.54. The Morgan fingerprint density at radius 2 is 1.61 bits per heavy atom. The number of halogens is 3. The molecule has 4 heteroatoms. The summed E-state index contributed by atoms with van der Waals surface area (Å²) in [4.78, 5) is 0. The standard InChI is InChI=1S/C19H19F3O/c20-19(21,22)18-12-10-16(11-13-18)7-5-2-6-14-23-15-17-8-3-1-4-9-17/h1,3-5,7-13H,2,6,14-15H2/b7-5-. The van der Waals surface area contributed by atoms with Gasteiger partial charge in [-0.05, 0) is 36.1 Å². The van der Waals surface area contributed by atoms with Gasteiger partial charge in [-0.3, -0.25) is 0 Å². The fourth-order valence-corrected chi connectivity index (χ4v) is 2.07. The first-order valence-electron chi connectivity index (χ1n) is 7.51. The van der Waals surface area contributed by atoms with Crippen LogP contribution >= 0.6 is 0 Å². The van der Waals surface area contributed by atoms with E-state index in [1.165, 1.54) is 12.1 Å². The van der Waals surface area contributed by atoms with Crippen LogP contribution in [0.1, 0.15) is 29.5 Å². The molecule has 0 spiro atoms. The highest BCUT2D eigenvalue weighted by molar-refractivity contribution is 5.49. The summed E-state index contributed by atoms with van der Waals surface area (Å²) in [6, 6.07) is 15.1. The van der Waals surface area contributed by atoms with Gasteiger partial charge in [0, 0.05) is 6.61 Å². The normalized spacial score (nSPS) is 12.0. The zero-order valence-corrected chi connectivity index (χ0v) is 12.7. The highest BCUT2D eigenvalue weighted by Crippen LogP contribution is 2.29. The zero-order chi connectivity index (χ0) is 16.5. The van der Waals surface area contributed by atoms with Crippen molar-refractivity contribution >= 4 is 6.08 Å². The Balaban J connectivity index is 1.65. The van der Waals surface area contributed by atoms with E-state index in [2.05, 4.69) is 0 Å². The molecule has 0 saturated carbocycles. The third-order valence-electron chi connectivity index (χ3n) is 3.32.